The summed E-state index contributed by atoms with van der Waals surface area (Å²) in [7, 11) is 0. The third-order valence-corrected chi connectivity index (χ3v) is 7.09. The lowest BCUT2D eigenvalue weighted by Gasteiger charge is -2.43. The smallest absolute Gasteiger partial charge is 0.232 e. The van der Waals surface area contributed by atoms with Crippen LogP contribution in [0.5, 0.6) is 0 Å². The van der Waals surface area contributed by atoms with E-state index in [4.69, 9.17) is 23.2 Å². The highest BCUT2D eigenvalue weighted by atomic mass is 35.5. The lowest BCUT2D eigenvalue weighted by molar-refractivity contribution is -0.121. The molecule has 2 aliphatic rings. The summed E-state index contributed by atoms with van der Waals surface area (Å²) in [4.78, 5) is 29.5. The topological polar surface area (TPSA) is 37.4 Å². The first-order valence-corrected chi connectivity index (χ1v) is 11.9. The number of anilines is 1. The first-order chi connectivity index (χ1) is 14.2. The number of ketones is 1. The van der Waals surface area contributed by atoms with Crippen LogP contribution in [0.4, 0.5) is 5.69 Å². The van der Waals surface area contributed by atoms with E-state index in [0.717, 1.165) is 21.7 Å². The molecule has 156 valence electrons. The number of carbonyl (C=O) groups excluding carboxylic acids is 2. The number of carbonyl (C=O) groups is 2. The molecule has 0 bridgehead atoms. The molecule has 6 heteroatoms. The van der Waals surface area contributed by atoms with Crippen LogP contribution >= 0.6 is 35.0 Å². The Hall–Kier alpha value is -1.75. The molecule has 1 amide bonds. The fourth-order valence-electron chi connectivity index (χ4n) is 4.48. The van der Waals surface area contributed by atoms with Crippen molar-refractivity contribution < 1.29 is 9.59 Å². The predicted octanol–water partition coefficient (Wildman–Crippen LogP) is 6.88. The van der Waals surface area contributed by atoms with Crippen molar-refractivity contribution in [2.24, 2.45) is 5.41 Å². The molecule has 1 aliphatic heterocycles. The molecule has 1 heterocycles. The van der Waals surface area contributed by atoms with Crippen molar-refractivity contribution in [3.8, 4) is 0 Å². The zero-order valence-corrected chi connectivity index (χ0v) is 19.5. The average Bonchev–Trinajstić information content (AvgIpc) is 2.67. The Kier molecular flexibility index (Phi) is 5.78. The summed E-state index contributed by atoms with van der Waals surface area (Å²) in [6.07, 6.45) is 3.38. The monoisotopic (exact) mass is 459 g/mol. The summed E-state index contributed by atoms with van der Waals surface area (Å²) in [5.74, 6) is -0.167. The van der Waals surface area contributed by atoms with Gasteiger partial charge in [0.15, 0.2) is 5.78 Å². The first kappa shape index (κ1) is 21.5. The predicted molar refractivity (Wildman–Crippen MR) is 125 cm³/mol. The van der Waals surface area contributed by atoms with Crippen molar-refractivity contribution in [3.63, 3.8) is 0 Å². The van der Waals surface area contributed by atoms with Crippen LogP contribution in [0.2, 0.25) is 10.0 Å². The third kappa shape index (κ3) is 3.93. The Morgan fingerprint density at radius 2 is 1.73 bits per heavy atom. The third-order valence-electron chi connectivity index (χ3n) is 5.81. The molecule has 0 spiro atoms. The minimum absolute atomic E-state index is 0.0533. The van der Waals surface area contributed by atoms with Gasteiger partial charge >= 0.3 is 0 Å². The van der Waals surface area contributed by atoms with Gasteiger partial charge in [0, 0.05) is 39.9 Å². The fourth-order valence-corrected chi connectivity index (χ4v) is 5.38. The van der Waals surface area contributed by atoms with Crippen LogP contribution in [0.15, 0.2) is 58.6 Å². The van der Waals surface area contributed by atoms with Gasteiger partial charge in [-0.1, -0.05) is 49.2 Å². The highest BCUT2D eigenvalue weighted by Crippen LogP contribution is 2.49. The molecule has 30 heavy (non-hydrogen) atoms. The van der Waals surface area contributed by atoms with Gasteiger partial charge in [-0.25, -0.2) is 0 Å². The lowest BCUT2D eigenvalue weighted by atomic mass is 9.69. The standard InChI is InChI=1S/C24H23Cl2NO2S/c1-24(2)12-20-23(21(28)13-24)17(14-4-7-16(30-3)8-5-14)11-22(29)27(20)19-9-6-15(25)10-18(19)26/h4-10,17H,11-13H2,1-3H3. The molecule has 0 saturated carbocycles. The minimum atomic E-state index is -0.227. The Balaban J connectivity index is 1.88. The molecular weight excluding hydrogens is 437 g/mol. The quantitative estimate of drug-likeness (QED) is 0.469. The van der Waals surface area contributed by atoms with E-state index in [2.05, 4.69) is 13.8 Å². The molecule has 1 atom stereocenters. The van der Waals surface area contributed by atoms with Crippen LogP contribution in [0.3, 0.4) is 0 Å². The van der Waals surface area contributed by atoms with Gasteiger partial charge in [0.1, 0.15) is 0 Å². The second-order valence-electron chi connectivity index (χ2n) is 8.66. The van der Waals surface area contributed by atoms with Gasteiger partial charge in [0.2, 0.25) is 5.91 Å². The molecule has 2 aromatic rings. The van der Waals surface area contributed by atoms with Crippen LogP contribution in [0.25, 0.3) is 0 Å². The van der Waals surface area contributed by atoms with E-state index >= 15 is 0 Å². The number of amides is 1. The van der Waals surface area contributed by atoms with E-state index in [0.29, 0.717) is 28.6 Å². The van der Waals surface area contributed by atoms with E-state index in [-0.39, 0.29) is 29.4 Å². The molecule has 1 aliphatic carbocycles. The summed E-state index contributed by atoms with van der Waals surface area (Å²) in [6, 6.07) is 13.3. The molecule has 4 rings (SSSR count). The van der Waals surface area contributed by atoms with Crippen LogP contribution in [0, 0.1) is 5.41 Å². The van der Waals surface area contributed by atoms with E-state index < -0.39 is 0 Å². The van der Waals surface area contributed by atoms with Gasteiger partial charge in [-0.15, -0.1) is 11.8 Å². The Bertz CT molecular complexity index is 1060. The molecule has 2 aromatic carbocycles. The lowest BCUT2D eigenvalue weighted by Crippen LogP contribution is -2.43. The molecule has 0 fully saturated rings. The SMILES string of the molecule is CSc1ccc(C2CC(=O)N(c3ccc(Cl)cc3Cl)C3=C2C(=O)CC(C)(C)C3)cc1. The minimum Gasteiger partial charge on any atom is -0.294 e. The number of rotatable bonds is 3. The molecular formula is C24H23Cl2NO2S. The van der Waals surface area contributed by atoms with Gasteiger partial charge in [0.05, 0.1) is 10.7 Å². The maximum atomic E-state index is 13.4. The van der Waals surface area contributed by atoms with Crippen molar-refractivity contribution >= 4 is 52.3 Å². The summed E-state index contributed by atoms with van der Waals surface area (Å²) in [6.45, 7) is 4.13. The van der Waals surface area contributed by atoms with Crippen molar-refractivity contribution in [1.29, 1.82) is 0 Å². The number of benzene rings is 2. The van der Waals surface area contributed by atoms with Gasteiger partial charge in [-0.2, -0.15) is 0 Å². The Morgan fingerprint density at radius 3 is 2.37 bits per heavy atom. The highest BCUT2D eigenvalue weighted by Gasteiger charge is 2.44. The largest absolute Gasteiger partial charge is 0.294 e. The number of thioether (sulfide) groups is 1. The van der Waals surface area contributed by atoms with Gasteiger partial charge < -0.3 is 0 Å². The summed E-state index contributed by atoms with van der Waals surface area (Å²) >= 11 is 14.2. The van der Waals surface area contributed by atoms with E-state index in [9.17, 15) is 9.59 Å². The van der Waals surface area contributed by atoms with Crippen molar-refractivity contribution in [3.05, 3.63) is 69.3 Å². The van der Waals surface area contributed by atoms with E-state index in [1.165, 1.54) is 0 Å². The highest BCUT2D eigenvalue weighted by molar-refractivity contribution is 7.98. The number of allylic oxidation sites excluding steroid dienone is 2. The summed E-state index contributed by atoms with van der Waals surface area (Å²) in [5, 5.41) is 0.913. The van der Waals surface area contributed by atoms with Crippen molar-refractivity contribution in [2.45, 2.75) is 43.9 Å². The number of halogens is 2. The normalized spacial score (nSPS) is 21.1. The number of hydrogen-bond donors (Lipinski definition) is 0. The van der Waals surface area contributed by atoms with Gasteiger partial charge in [0.25, 0.3) is 0 Å². The van der Waals surface area contributed by atoms with Gasteiger partial charge in [-0.05, 0) is 54.0 Å². The number of nitrogens with zero attached hydrogens (tertiary/aromatic N) is 1. The second-order valence-corrected chi connectivity index (χ2v) is 10.4. The van der Waals surface area contributed by atoms with Crippen molar-refractivity contribution in [1.82, 2.24) is 0 Å². The van der Waals surface area contributed by atoms with Crippen LogP contribution < -0.4 is 4.90 Å². The van der Waals surface area contributed by atoms with E-state index in [1.54, 1.807) is 34.9 Å². The molecule has 0 N–H and O–H groups in total. The Labute approximate surface area is 191 Å². The van der Waals surface area contributed by atoms with Crippen molar-refractivity contribution in [2.75, 3.05) is 11.2 Å². The Morgan fingerprint density at radius 1 is 1.03 bits per heavy atom. The summed E-state index contributed by atoms with van der Waals surface area (Å²) < 4.78 is 0. The second kappa shape index (κ2) is 8.07. The fraction of sp³-hybridized carbons (Fsp3) is 0.333. The first-order valence-electron chi connectivity index (χ1n) is 9.88. The zero-order valence-electron chi connectivity index (χ0n) is 17.2. The molecule has 0 radical (unpaired) electrons. The number of hydrogen-bond acceptors (Lipinski definition) is 3. The van der Waals surface area contributed by atoms with Crippen LogP contribution in [0.1, 0.15) is 44.6 Å². The molecule has 1 unspecified atom stereocenters. The zero-order chi connectivity index (χ0) is 21.6. The molecule has 3 nitrogen and oxygen atoms in total. The maximum Gasteiger partial charge on any atom is 0.232 e. The van der Waals surface area contributed by atoms with Gasteiger partial charge in [-0.3, -0.25) is 14.5 Å². The maximum absolute atomic E-state index is 13.4. The van der Waals surface area contributed by atoms with Crippen LogP contribution in [-0.4, -0.2) is 17.9 Å². The van der Waals surface area contributed by atoms with Crippen LogP contribution in [-0.2, 0) is 9.59 Å². The summed E-state index contributed by atoms with van der Waals surface area (Å²) in [5.41, 5.74) is 2.88. The number of Topliss-reactive ketones (excluding diaryl/α,β-unsaturated/α-hetero) is 1. The molecule has 0 aromatic heterocycles. The molecule has 0 saturated heterocycles. The van der Waals surface area contributed by atoms with E-state index in [1.807, 2.05) is 30.5 Å². The average molecular weight is 460 g/mol.